The normalized spacial score (nSPS) is 23.6. The van der Waals surface area contributed by atoms with E-state index in [0.29, 0.717) is 11.8 Å². The Morgan fingerprint density at radius 3 is 2.42 bits per heavy atom. The van der Waals surface area contributed by atoms with Gasteiger partial charge in [0, 0.05) is 4.47 Å². The van der Waals surface area contributed by atoms with Crippen molar-refractivity contribution >= 4 is 21.9 Å². The first-order valence-corrected chi connectivity index (χ1v) is 7.58. The summed E-state index contributed by atoms with van der Waals surface area (Å²) in [4.78, 5) is 10.5. The standard InChI is InChI=1S/C16H19BrO2/c17-15-10-8-14(9-11-15)13-6-4-12(5-7-13)2-1-3-16(18)19/h1-2,8-13H,3-7H2,(H,18,19)/t12-,13-. The molecule has 0 aromatic heterocycles. The number of allylic oxidation sites excluding steroid dienone is 1. The van der Waals surface area contributed by atoms with Crippen molar-refractivity contribution < 1.29 is 9.90 Å². The van der Waals surface area contributed by atoms with E-state index in [1.54, 1.807) is 6.08 Å². The molecule has 2 nitrogen and oxygen atoms in total. The van der Waals surface area contributed by atoms with Gasteiger partial charge in [-0.25, -0.2) is 0 Å². The molecule has 1 aliphatic rings. The van der Waals surface area contributed by atoms with Crippen LogP contribution in [0.4, 0.5) is 0 Å². The van der Waals surface area contributed by atoms with Gasteiger partial charge in [0.2, 0.25) is 0 Å². The van der Waals surface area contributed by atoms with Gasteiger partial charge >= 0.3 is 5.97 Å². The highest BCUT2D eigenvalue weighted by molar-refractivity contribution is 9.10. The van der Waals surface area contributed by atoms with Crippen molar-refractivity contribution in [2.24, 2.45) is 5.92 Å². The van der Waals surface area contributed by atoms with E-state index in [4.69, 9.17) is 5.11 Å². The highest BCUT2D eigenvalue weighted by atomic mass is 79.9. The maximum absolute atomic E-state index is 10.5. The zero-order chi connectivity index (χ0) is 13.7. The van der Waals surface area contributed by atoms with Crippen molar-refractivity contribution in [2.75, 3.05) is 0 Å². The second-order valence-corrected chi connectivity index (χ2v) is 6.10. The minimum Gasteiger partial charge on any atom is -0.481 e. The van der Waals surface area contributed by atoms with Gasteiger partial charge < -0.3 is 5.11 Å². The fourth-order valence-electron chi connectivity index (χ4n) is 2.74. The van der Waals surface area contributed by atoms with Gasteiger partial charge in [0.25, 0.3) is 0 Å². The maximum Gasteiger partial charge on any atom is 0.307 e. The summed E-state index contributed by atoms with van der Waals surface area (Å²) in [6, 6.07) is 8.62. The third-order valence-electron chi connectivity index (χ3n) is 3.81. The molecule has 3 heteroatoms. The molecule has 0 heterocycles. The molecule has 0 bridgehead atoms. The highest BCUT2D eigenvalue weighted by Crippen LogP contribution is 2.36. The molecular formula is C16H19BrO2. The Labute approximate surface area is 122 Å². The average Bonchev–Trinajstić information content (AvgIpc) is 2.40. The summed E-state index contributed by atoms with van der Waals surface area (Å²) in [6.07, 6.45) is 8.76. The van der Waals surface area contributed by atoms with Crippen LogP contribution < -0.4 is 0 Å². The maximum atomic E-state index is 10.5. The van der Waals surface area contributed by atoms with Gasteiger partial charge in [-0.15, -0.1) is 0 Å². The van der Waals surface area contributed by atoms with E-state index in [9.17, 15) is 4.79 Å². The Kier molecular flexibility index (Phi) is 5.20. The quantitative estimate of drug-likeness (QED) is 0.812. The molecule has 0 unspecified atom stereocenters. The number of benzene rings is 1. The topological polar surface area (TPSA) is 37.3 Å². The number of aliphatic carboxylic acids is 1. The fraction of sp³-hybridized carbons (Fsp3) is 0.438. The second-order valence-electron chi connectivity index (χ2n) is 5.19. The summed E-state index contributed by atoms with van der Waals surface area (Å²) in [5.74, 6) is 0.475. The highest BCUT2D eigenvalue weighted by Gasteiger charge is 2.20. The lowest BCUT2D eigenvalue weighted by Gasteiger charge is -2.27. The lowest BCUT2D eigenvalue weighted by atomic mass is 9.78. The van der Waals surface area contributed by atoms with E-state index in [-0.39, 0.29) is 6.42 Å². The fourth-order valence-corrected chi connectivity index (χ4v) is 3.01. The predicted molar refractivity (Wildman–Crippen MR) is 80.2 cm³/mol. The van der Waals surface area contributed by atoms with Crippen molar-refractivity contribution in [3.63, 3.8) is 0 Å². The van der Waals surface area contributed by atoms with Crippen LogP contribution in [-0.4, -0.2) is 11.1 Å². The second kappa shape index (κ2) is 6.90. The number of carboxylic acid groups (broad SMARTS) is 1. The van der Waals surface area contributed by atoms with Crippen molar-refractivity contribution in [3.05, 3.63) is 46.5 Å². The molecule has 1 aromatic carbocycles. The molecule has 1 saturated carbocycles. The minimum atomic E-state index is -0.750. The molecule has 102 valence electrons. The number of rotatable bonds is 4. The average molecular weight is 323 g/mol. The summed E-state index contributed by atoms with van der Waals surface area (Å²) in [5.41, 5.74) is 1.43. The molecule has 0 aliphatic heterocycles. The SMILES string of the molecule is O=C(O)CC=C[C@H]1CC[C@H](c2ccc(Br)cc2)CC1. The molecule has 0 amide bonds. The zero-order valence-corrected chi connectivity index (χ0v) is 12.5. The van der Waals surface area contributed by atoms with Gasteiger partial charge in [0.05, 0.1) is 6.42 Å². The van der Waals surface area contributed by atoms with E-state index in [0.717, 1.165) is 17.3 Å². The third kappa shape index (κ3) is 4.50. The Balaban J connectivity index is 1.83. The monoisotopic (exact) mass is 322 g/mol. The summed E-state index contributed by atoms with van der Waals surface area (Å²) in [7, 11) is 0. The predicted octanol–water partition coefficient (Wildman–Crippen LogP) is 4.75. The first kappa shape index (κ1) is 14.3. The summed E-state index contributed by atoms with van der Waals surface area (Å²) >= 11 is 3.46. The molecule has 0 atom stereocenters. The van der Waals surface area contributed by atoms with Crippen molar-refractivity contribution in [3.8, 4) is 0 Å². The first-order valence-electron chi connectivity index (χ1n) is 6.79. The Bertz CT molecular complexity index is 442. The first-order chi connectivity index (χ1) is 9.15. The smallest absolute Gasteiger partial charge is 0.307 e. The molecular weight excluding hydrogens is 304 g/mol. The van der Waals surface area contributed by atoms with Crippen LogP contribution in [0.3, 0.4) is 0 Å². The molecule has 2 rings (SSSR count). The molecule has 1 N–H and O–H groups in total. The number of halogens is 1. The lowest BCUT2D eigenvalue weighted by molar-refractivity contribution is -0.136. The Morgan fingerprint density at radius 2 is 1.84 bits per heavy atom. The van der Waals surface area contributed by atoms with Crippen LogP contribution >= 0.6 is 15.9 Å². The van der Waals surface area contributed by atoms with E-state index in [1.807, 2.05) is 0 Å². The largest absolute Gasteiger partial charge is 0.481 e. The van der Waals surface area contributed by atoms with Gasteiger partial charge in [0.1, 0.15) is 0 Å². The molecule has 0 saturated heterocycles. The van der Waals surface area contributed by atoms with Gasteiger partial charge in [-0.2, -0.15) is 0 Å². The number of carboxylic acids is 1. The molecule has 0 spiro atoms. The van der Waals surface area contributed by atoms with Crippen LogP contribution in [0.2, 0.25) is 0 Å². The van der Waals surface area contributed by atoms with Crippen LogP contribution in [-0.2, 0) is 4.79 Å². The van der Waals surface area contributed by atoms with Gasteiger partial charge in [-0.1, -0.05) is 40.2 Å². The zero-order valence-electron chi connectivity index (χ0n) is 10.9. The number of carbonyl (C=O) groups is 1. The lowest BCUT2D eigenvalue weighted by Crippen LogP contribution is -2.11. The Hall–Kier alpha value is -1.09. The number of hydrogen-bond acceptors (Lipinski definition) is 1. The minimum absolute atomic E-state index is 0.145. The van der Waals surface area contributed by atoms with E-state index < -0.39 is 5.97 Å². The Morgan fingerprint density at radius 1 is 1.21 bits per heavy atom. The summed E-state index contributed by atoms with van der Waals surface area (Å²) < 4.78 is 1.13. The van der Waals surface area contributed by atoms with Crippen LogP contribution in [0.15, 0.2) is 40.9 Å². The van der Waals surface area contributed by atoms with Gasteiger partial charge in [-0.3, -0.25) is 4.79 Å². The van der Waals surface area contributed by atoms with Crippen LogP contribution in [0.5, 0.6) is 0 Å². The van der Waals surface area contributed by atoms with Crippen molar-refractivity contribution in [1.82, 2.24) is 0 Å². The molecule has 1 aliphatic carbocycles. The van der Waals surface area contributed by atoms with Crippen LogP contribution in [0.25, 0.3) is 0 Å². The molecule has 1 fully saturated rings. The number of hydrogen-bond donors (Lipinski definition) is 1. The van der Waals surface area contributed by atoms with E-state index >= 15 is 0 Å². The van der Waals surface area contributed by atoms with Crippen LogP contribution in [0.1, 0.15) is 43.6 Å². The van der Waals surface area contributed by atoms with Gasteiger partial charge in [0.15, 0.2) is 0 Å². The summed E-state index contributed by atoms with van der Waals surface area (Å²) in [6.45, 7) is 0. The molecule has 1 aromatic rings. The van der Waals surface area contributed by atoms with Crippen molar-refractivity contribution in [1.29, 1.82) is 0 Å². The molecule has 0 radical (unpaired) electrons. The molecule has 19 heavy (non-hydrogen) atoms. The van der Waals surface area contributed by atoms with Gasteiger partial charge in [-0.05, 0) is 55.2 Å². The van der Waals surface area contributed by atoms with Crippen molar-refractivity contribution in [2.45, 2.75) is 38.0 Å². The van der Waals surface area contributed by atoms with Crippen LogP contribution in [0, 0.1) is 5.92 Å². The third-order valence-corrected chi connectivity index (χ3v) is 4.34. The van der Waals surface area contributed by atoms with E-state index in [2.05, 4.69) is 46.3 Å². The summed E-state index contributed by atoms with van der Waals surface area (Å²) in [5, 5.41) is 8.60. The van der Waals surface area contributed by atoms with E-state index in [1.165, 1.54) is 18.4 Å².